The van der Waals surface area contributed by atoms with Crippen molar-refractivity contribution in [2.24, 2.45) is 0 Å². The van der Waals surface area contributed by atoms with Crippen molar-refractivity contribution >= 4 is 11.7 Å². The van der Waals surface area contributed by atoms with E-state index in [1.807, 2.05) is 6.07 Å². The normalized spacial score (nSPS) is 18.1. The lowest BCUT2D eigenvalue weighted by Gasteiger charge is -2.24. The van der Waals surface area contributed by atoms with Crippen LogP contribution in [0.2, 0.25) is 0 Å². The van der Waals surface area contributed by atoms with Crippen LogP contribution in [0.15, 0.2) is 24.3 Å². The van der Waals surface area contributed by atoms with Crippen molar-refractivity contribution in [3.05, 3.63) is 29.8 Å². The van der Waals surface area contributed by atoms with E-state index in [2.05, 4.69) is 10.6 Å². The van der Waals surface area contributed by atoms with E-state index in [4.69, 9.17) is 5.26 Å². The zero-order valence-electron chi connectivity index (χ0n) is 10.3. The summed E-state index contributed by atoms with van der Waals surface area (Å²) in [4.78, 5) is 13.7. The van der Waals surface area contributed by atoms with Crippen molar-refractivity contribution in [3.8, 4) is 6.07 Å². The predicted molar refractivity (Wildman–Crippen MR) is 69.2 cm³/mol. The van der Waals surface area contributed by atoms with Crippen molar-refractivity contribution in [1.29, 1.82) is 5.26 Å². The minimum atomic E-state index is -0.117. The van der Waals surface area contributed by atoms with Crippen molar-refractivity contribution < 1.29 is 4.79 Å². The molecule has 1 fully saturated rings. The van der Waals surface area contributed by atoms with Crippen LogP contribution in [0.4, 0.5) is 10.5 Å². The third kappa shape index (κ3) is 2.79. The molecule has 1 aliphatic rings. The Hall–Kier alpha value is -2.06. The SMILES string of the molecule is CN(C(=O)Nc1ccc(C#N)cc1)C1CCNC1. The molecule has 0 bridgehead atoms. The summed E-state index contributed by atoms with van der Waals surface area (Å²) in [5, 5.41) is 14.7. The Morgan fingerprint density at radius 2 is 2.22 bits per heavy atom. The quantitative estimate of drug-likeness (QED) is 0.826. The first-order valence-electron chi connectivity index (χ1n) is 5.95. The van der Waals surface area contributed by atoms with Crippen molar-refractivity contribution in [1.82, 2.24) is 10.2 Å². The van der Waals surface area contributed by atoms with E-state index >= 15 is 0 Å². The molecule has 1 aromatic rings. The first-order valence-corrected chi connectivity index (χ1v) is 5.95. The molecule has 2 rings (SSSR count). The molecule has 1 aliphatic heterocycles. The van der Waals surface area contributed by atoms with Gasteiger partial charge in [0.25, 0.3) is 0 Å². The van der Waals surface area contributed by atoms with E-state index in [1.165, 1.54) is 0 Å². The molecule has 18 heavy (non-hydrogen) atoms. The molecule has 0 aliphatic carbocycles. The van der Waals surface area contributed by atoms with Crippen LogP contribution in [-0.4, -0.2) is 37.1 Å². The monoisotopic (exact) mass is 244 g/mol. The summed E-state index contributed by atoms with van der Waals surface area (Å²) < 4.78 is 0. The van der Waals surface area contributed by atoms with Crippen LogP contribution in [0.5, 0.6) is 0 Å². The van der Waals surface area contributed by atoms with Gasteiger partial charge < -0.3 is 15.5 Å². The van der Waals surface area contributed by atoms with Gasteiger partial charge in [0.2, 0.25) is 0 Å². The molecular formula is C13H16N4O. The molecule has 0 spiro atoms. The van der Waals surface area contributed by atoms with Gasteiger partial charge in [-0.25, -0.2) is 4.79 Å². The minimum absolute atomic E-state index is 0.117. The summed E-state index contributed by atoms with van der Waals surface area (Å²) in [6, 6.07) is 9.02. The molecule has 1 unspecified atom stereocenters. The maximum Gasteiger partial charge on any atom is 0.321 e. The van der Waals surface area contributed by atoms with E-state index in [9.17, 15) is 4.79 Å². The van der Waals surface area contributed by atoms with Crippen LogP contribution in [0, 0.1) is 11.3 Å². The fourth-order valence-corrected chi connectivity index (χ4v) is 1.98. The highest BCUT2D eigenvalue weighted by Gasteiger charge is 2.22. The number of nitrogens with zero attached hydrogens (tertiary/aromatic N) is 2. The second kappa shape index (κ2) is 5.52. The molecule has 5 heteroatoms. The van der Waals surface area contributed by atoms with Crippen LogP contribution >= 0.6 is 0 Å². The lowest BCUT2D eigenvalue weighted by Crippen LogP contribution is -2.40. The second-order valence-corrected chi connectivity index (χ2v) is 4.38. The maximum atomic E-state index is 12.0. The number of hydrogen-bond donors (Lipinski definition) is 2. The molecule has 2 amide bonds. The van der Waals surface area contributed by atoms with Gasteiger partial charge in [0.1, 0.15) is 0 Å². The number of benzene rings is 1. The number of carbonyl (C=O) groups excluding carboxylic acids is 1. The van der Waals surface area contributed by atoms with Gasteiger partial charge in [0.15, 0.2) is 0 Å². The van der Waals surface area contributed by atoms with Crippen LogP contribution in [0.25, 0.3) is 0 Å². The lowest BCUT2D eigenvalue weighted by atomic mass is 10.2. The molecular weight excluding hydrogens is 228 g/mol. The maximum absolute atomic E-state index is 12.0. The Morgan fingerprint density at radius 3 is 2.78 bits per heavy atom. The first kappa shape index (κ1) is 12.4. The number of nitriles is 1. The van der Waals surface area contributed by atoms with E-state index in [-0.39, 0.29) is 12.1 Å². The summed E-state index contributed by atoms with van der Waals surface area (Å²) in [6.07, 6.45) is 0.983. The molecule has 94 valence electrons. The molecule has 0 radical (unpaired) electrons. The topological polar surface area (TPSA) is 68.2 Å². The van der Waals surface area contributed by atoms with Crippen LogP contribution in [0.1, 0.15) is 12.0 Å². The number of nitrogens with one attached hydrogen (secondary N) is 2. The zero-order valence-corrected chi connectivity index (χ0v) is 10.3. The average Bonchev–Trinajstić information content (AvgIpc) is 2.92. The highest BCUT2D eigenvalue weighted by molar-refractivity contribution is 5.89. The van der Waals surface area contributed by atoms with Gasteiger partial charge in [-0.15, -0.1) is 0 Å². The van der Waals surface area contributed by atoms with Gasteiger partial charge in [-0.05, 0) is 37.2 Å². The van der Waals surface area contributed by atoms with E-state index in [0.717, 1.165) is 19.5 Å². The number of carbonyl (C=O) groups is 1. The Morgan fingerprint density at radius 1 is 1.50 bits per heavy atom. The molecule has 1 aromatic carbocycles. The number of anilines is 1. The third-order valence-electron chi connectivity index (χ3n) is 3.17. The summed E-state index contributed by atoms with van der Waals surface area (Å²) in [5.74, 6) is 0. The number of hydrogen-bond acceptors (Lipinski definition) is 3. The molecule has 1 atom stereocenters. The summed E-state index contributed by atoms with van der Waals surface area (Å²) in [7, 11) is 1.80. The van der Waals surface area contributed by atoms with Crippen LogP contribution in [-0.2, 0) is 0 Å². The molecule has 5 nitrogen and oxygen atoms in total. The molecule has 2 N–H and O–H groups in total. The first-order chi connectivity index (χ1) is 8.70. The molecule has 1 saturated heterocycles. The zero-order chi connectivity index (χ0) is 13.0. The van der Waals surface area contributed by atoms with E-state index in [1.54, 1.807) is 36.2 Å². The average molecular weight is 244 g/mol. The molecule has 0 saturated carbocycles. The van der Waals surface area contributed by atoms with Gasteiger partial charge in [-0.1, -0.05) is 0 Å². The third-order valence-corrected chi connectivity index (χ3v) is 3.17. The minimum Gasteiger partial charge on any atom is -0.323 e. The molecule has 1 heterocycles. The number of urea groups is 1. The number of amides is 2. The van der Waals surface area contributed by atoms with Gasteiger partial charge in [-0.3, -0.25) is 0 Å². The Kier molecular flexibility index (Phi) is 3.80. The van der Waals surface area contributed by atoms with Gasteiger partial charge in [0, 0.05) is 25.3 Å². The second-order valence-electron chi connectivity index (χ2n) is 4.38. The summed E-state index contributed by atoms with van der Waals surface area (Å²) in [5.41, 5.74) is 1.29. The van der Waals surface area contributed by atoms with Crippen LogP contribution in [0.3, 0.4) is 0 Å². The Bertz CT molecular complexity index is 457. The highest BCUT2D eigenvalue weighted by atomic mass is 16.2. The van der Waals surface area contributed by atoms with Crippen molar-refractivity contribution in [3.63, 3.8) is 0 Å². The van der Waals surface area contributed by atoms with Crippen LogP contribution < -0.4 is 10.6 Å². The van der Waals surface area contributed by atoms with Gasteiger partial charge in [0.05, 0.1) is 11.6 Å². The van der Waals surface area contributed by atoms with Gasteiger partial charge >= 0.3 is 6.03 Å². The fourth-order valence-electron chi connectivity index (χ4n) is 1.98. The van der Waals surface area contributed by atoms with E-state index in [0.29, 0.717) is 11.3 Å². The molecule has 0 aromatic heterocycles. The van der Waals surface area contributed by atoms with Crippen molar-refractivity contribution in [2.45, 2.75) is 12.5 Å². The Labute approximate surface area is 106 Å². The summed E-state index contributed by atoms with van der Waals surface area (Å²) in [6.45, 7) is 1.80. The standard InChI is InChI=1S/C13H16N4O/c1-17(12-6-7-15-9-12)13(18)16-11-4-2-10(8-14)3-5-11/h2-5,12,15H,6-7,9H2,1H3,(H,16,18). The van der Waals surface area contributed by atoms with Gasteiger partial charge in [-0.2, -0.15) is 5.26 Å². The lowest BCUT2D eigenvalue weighted by molar-refractivity contribution is 0.208. The number of likely N-dealkylation sites (N-methyl/N-ethyl adjacent to an activating group) is 1. The van der Waals surface area contributed by atoms with Crippen molar-refractivity contribution in [2.75, 3.05) is 25.5 Å². The largest absolute Gasteiger partial charge is 0.323 e. The van der Waals surface area contributed by atoms with E-state index < -0.39 is 0 Å². The smallest absolute Gasteiger partial charge is 0.321 e. The Balaban J connectivity index is 1.95. The number of rotatable bonds is 2. The predicted octanol–water partition coefficient (Wildman–Crippen LogP) is 1.38. The fraction of sp³-hybridized carbons (Fsp3) is 0.385. The highest BCUT2D eigenvalue weighted by Crippen LogP contribution is 2.12. The summed E-state index contributed by atoms with van der Waals surface area (Å²) >= 11 is 0.